The summed E-state index contributed by atoms with van der Waals surface area (Å²) < 4.78 is 0.946. The van der Waals surface area contributed by atoms with Gasteiger partial charge >= 0.3 is 0 Å². The Labute approximate surface area is 139 Å². The van der Waals surface area contributed by atoms with Gasteiger partial charge in [0.1, 0.15) is 5.75 Å². The Kier molecular flexibility index (Phi) is 4.87. The molecule has 0 radical (unpaired) electrons. The Morgan fingerprint density at radius 1 is 1.09 bits per heavy atom. The second-order valence-electron chi connectivity index (χ2n) is 6.23. The van der Waals surface area contributed by atoms with E-state index in [1.165, 1.54) is 0 Å². The molecule has 2 rings (SSSR count). The van der Waals surface area contributed by atoms with Crippen molar-refractivity contribution in [2.45, 2.75) is 26.2 Å². The number of benzene rings is 2. The highest BCUT2D eigenvalue weighted by molar-refractivity contribution is 9.10. The van der Waals surface area contributed by atoms with Gasteiger partial charge in [-0.1, -0.05) is 48.8 Å². The fourth-order valence-corrected chi connectivity index (χ4v) is 2.40. The zero-order chi connectivity index (χ0) is 16.3. The maximum atomic E-state index is 12.1. The highest BCUT2D eigenvalue weighted by atomic mass is 79.9. The molecule has 0 aliphatic heterocycles. The van der Waals surface area contributed by atoms with Crippen LogP contribution >= 0.6 is 15.9 Å². The second-order valence-corrected chi connectivity index (χ2v) is 7.15. The maximum absolute atomic E-state index is 12.1. The Hall–Kier alpha value is -1.87. The van der Waals surface area contributed by atoms with Crippen molar-refractivity contribution in [3.8, 4) is 5.75 Å². The summed E-state index contributed by atoms with van der Waals surface area (Å²) in [5.41, 5.74) is 2.26. The Morgan fingerprint density at radius 2 is 1.73 bits per heavy atom. The number of hydrogen-bond donors (Lipinski definition) is 1. The van der Waals surface area contributed by atoms with Gasteiger partial charge in [-0.15, -0.1) is 0 Å². The summed E-state index contributed by atoms with van der Waals surface area (Å²) in [6.07, 6.45) is 3.33. The van der Waals surface area contributed by atoms with Crippen LogP contribution in [0.15, 0.2) is 53.0 Å². The molecule has 2 nitrogen and oxygen atoms in total. The van der Waals surface area contributed by atoms with Crippen LogP contribution in [0, 0.1) is 0 Å². The summed E-state index contributed by atoms with van der Waals surface area (Å²) >= 11 is 3.35. The fourth-order valence-electron chi connectivity index (χ4n) is 2.14. The summed E-state index contributed by atoms with van der Waals surface area (Å²) in [6, 6.07) is 12.7. The lowest BCUT2D eigenvalue weighted by atomic mass is 9.85. The maximum Gasteiger partial charge on any atom is 0.185 e. The van der Waals surface area contributed by atoms with Crippen LogP contribution in [0.25, 0.3) is 6.08 Å². The standard InChI is InChI=1S/C19H19BrO2/c1-19(2,3)16-12-13(5-11-18(16)22)4-10-17(21)14-6-8-15(20)9-7-14/h4-12,22H,1-3H3/b10-4+. The average molecular weight is 359 g/mol. The highest BCUT2D eigenvalue weighted by Gasteiger charge is 2.17. The molecule has 0 bridgehead atoms. The number of rotatable bonds is 3. The third-order valence-electron chi connectivity index (χ3n) is 3.38. The lowest BCUT2D eigenvalue weighted by molar-refractivity contribution is 0.104. The second kappa shape index (κ2) is 6.49. The number of allylic oxidation sites excluding steroid dienone is 1. The molecule has 0 fully saturated rings. The van der Waals surface area contributed by atoms with Gasteiger partial charge in [0.2, 0.25) is 0 Å². The van der Waals surface area contributed by atoms with E-state index in [0.717, 1.165) is 15.6 Å². The third-order valence-corrected chi connectivity index (χ3v) is 3.91. The van der Waals surface area contributed by atoms with Crippen LogP contribution in [0.2, 0.25) is 0 Å². The molecule has 0 aromatic heterocycles. The van der Waals surface area contributed by atoms with Crippen molar-refractivity contribution in [2.75, 3.05) is 0 Å². The molecular weight excluding hydrogens is 340 g/mol. The van der Waals surface area contributed by atoms with E-state index in [4.69, 9.17) is 0 Å². The highest BCUT2D eigenvalue weighted by Crippen LogP contribution is 2.31. The molecule has 0 spiro atoms. The lowest BCUT2D eigenvalue weighted by Crippen LogP contribution is -2.11. The van der Waals surface area contributed by atoms with Crippen LogP contribution in [-0.4, -0.2) is 10.9 Å². The van der Waals surface area contributed by atoms with Crippen LogP contribution in [0.1, 0.15) is 42.3 Å². The third kappa shape index (κ3) is 4.08. The topological polar surface area (TPSA) is 37.3 Å². The van der Waals surface area contributed by atoms with Crippen molar-refractivity contribution in [1.29, 1.82) is 0 Å². The predicted molar refractivity (Wildman–Crippen MR) is 94.3 cm³/mol. The molecule has 22 heavy (non-hydrogen) atoms. The summed E-state index contributed by atoms with van der Waals surface area (Å²) in [4.78, 5) is 12.1. The number of ketones is 1. The van der Waals surface area contributed by atoms with Crippen molar-refractivity contribution in [3.05, 3.63) is 69.7 Å². The molecule has 0 saturated heterocycles. The van der Waals surface area contributed by atoms with Gasteiger partial charge < -0.3 is 5.11 Å². The molecule has 0 atom stereocenters. The van der Waals surface area contributed by atoms with E-state index in [2.05, 4.69) is 15.9 Å². The first-order chi connectivity index (χ1) is 10.3. The molecule has 0 aliphatic carbocycles. The Bertz CT molecular complexity index is 707. The molecule has 0 aliphatic rings. The van der Waals surface area contributed by atoms with Gasteiger partial charge in [0.15, 0.2) is 5.78 Å². The molecule has 0 saturated carbocycles. The number of carbonyl (C=O) groups excluding carboxylic acids is 1. The fraction of sp³-hybridized carbons (Fsp3) is 0.211. The number of carbonyl (C=O) groups is 1. The Balaban J connectivity index is 2.23. The van der Waals surface area contributed by atoms with E-state index in [1.807, 2.05) is 39.0 Å². The average Bonchev–Trinajstić information content (AvgIpc) is 2.45. The minimum absolute atomic E-state index is 0.0436. The molecule has 2 aromatic rings. The number of phenolic OH excluding ortho intramolecular Hbond substituents is 1. The summed E-state index contributed by atoms with van der Waals surface area (Å²) in [5.74, 6) is 0.238. The largest absolute Gasteiger partial charge is 0.508 e. The molecule has 114 valence electrons. The normalized spacial score (nSPS) is 11.8. The molecular formula is C19H19BrO2. The first-order valence-corrected chi connectivity index (χ1v) is 7.88. The van der Waals surface area contributed by atoms with E-state index in [9.17, 15) is 9.90 Å². The van der Waals surface area contributed by atoms with Crippen molar-refractivity contribution < 1.29 is 9.90 Å². The van der Waals surface area contributed by atoms with Gasteiger partial charge in [-0.3, -0.25) is 4.79 Å². The quantitative estimate of drug-likeness (QED) is 0.593. The van der Waals surface area contributed by atoms with E-state index < -0.39 is 0 Å². The van der Waals surface area contributed by atoms with Crippen molar-refractivity contribution in [2.24, 2.45) is 0 Å². The smallest absolute Gasteiger partial charge is 0.185 e. The molecule has 0 amide bonds. The molecule has 2 aromatic carbocycles. The summed E-state index contributed by atoms with van der Waals surface area (Å²) in [7, 11) is 0. The minimum atomic E-state index is -0.149. The van der Waals surface area contributed by atoms with E-state index in [-0.39, 0.29) is 16.9 Å². The van der Waals surface area contributed by atoms with Crippen molar-refractivity contribution in [1.82, 2.24) is 0 Å². The number of hydrogen-bond acceptors (Lipinski definition) is 2. The first-order valence-electron chi connectivity index (χ1n) is 7.09. The zero-order valence-corrected chi connectivity index (χ0v) is 14.5. The minimum Gasteiger partial charge on any atom is -0.508 e. The van der Waals surface area contributed by atoms with E-state index in [1.54, 1.807) is 36.4 Å². The number of phenols is 1. The van der Waals surface area contributed by atoms with Crippen LogP contribution in [0.4, 0.5) is 0 Å². The van der Waals surface area contributed by atoms with Crippen LogP contribution in [-0.2, 0) is 5.41 Å². The van der Waals surface area contributed by atoms with E-state index >= 15 is 0 Å². The van der Waals surface area contributed by atoms with Gasteiger partial charge in [-0.2, -0.15) is 0 Å². The molecule has 1 N–H and O–H groups in total. The number of aromatic hydroxyl groups is 1. The van der Waals surface area contributed by atoms with Crippen molar-refractivity contribution in [3.63, 3.8) is 0 Å². The van der Waals surface area contributed by atoms with E-state index in [0.29, 0.717) is 5.56 Å². The van der Waals surface area contributed by atoms with Crippen LogP contribution < -0.4 is 0 Å². The van der Waals surface area contributed by atoms with Gasteiger partial charge in [-0.25, -0.2) is 0 Å². The number of halogens is 1. The van der Waals surface area contributed by atoms with Crippen molar-refractivity contribution >= 4 is 27.8 Å². The predicted octanol–water partition coefficient (Wildman–Crippen LogP) is 5.35. The first kappa shape index (κ1) is 16.5. The van der Waals surface area contributed by atoms with Gasteiger partial charge in [0, 0.05) is 10.0 Å². The molecule has 0 unspecified atom stereocenters. The van der Waals surface area contributed by atoms with Crippen LogP contribution in [0.3, 0.4) is 0 Å². The van der Waals surface area contributed by atoms with Gasteiger partial charge in [0.05, 0.1) is 0 Å². The Morgan fingerprint density at radius 3 is 2.32 bits per heavy atom. The lowest BCUT2D eigenvalue weighted by Gasteiger charge is -2.20. The van der Waals surface area contributed by atoms with Gasteiger partial charge in [0.25, 0.3) is 0 Å². The van der Waals surface area contributed by atoms with Gasteiger partial charge in [-0.05, 0) is 59.0 Å². The van der Waals surface area contributed by atoms with Crippen LogP contribution in [0.5, 0.6) is 5.75 Å². The SMILES string of the molecule is CC(C)(C)c1cc(/C=C/C(=O)c2ccc(Br)cc2)ccc1O. The summed E-state index contributed by atoms with van der Waals surface area (Å²) in [6.45, 7) is 6.13. The summed E-state index contributed by atoms with van der Waals surface area (Å²) in [5, 5.41) is 9.96. The zero-order valence-electron chi connectivity index (χ0n) is 12.9. The molecule has 0 heterocycles. The monoisotopic (exact) mass is 358 g/mol. The molecule has 3 heteroatoms.